The Kier molecular flexibility index (Phi) is 3.89. The summed E-state index contributed by atoms with van der Waals surface area (Å²) in [4.78, 5) is 24.8. The molecule has 4 rings (SSSR count). The third-order valence-corrected chi connectivity index (χ3v) is 6.15. The zero-order valence-corrected chi connectivity index (χ0v) is 14.6. The number of amides is 1. The van der Waals surface area contributed by atoms with Gasteiger partial charge in [-0.2, -0.15) is 0 Å². The van der Waals surface area contributed by atoms with Crippen molar-refractivity contribution >= 4 is 27.2 Å². The molecule has 0 spiro atoms. The Hall–Kier alpha value is -3.32. The van der Waals surface area contributed by atoms with E-state index in [1.165, 1.54) is 54.6 Å². The Labute approximate surface area is 154 Å². The van der Waals surface area contributed by atoms with Crippen LogP contribution in [0.25, 0.3) is 0 Å². The fraction of sp³-hybridized carbons (Fsp3) is 0. The molecule has 27 heavy (non-hydrogen) atoms. The molecule has 1 heterocycles. The van der Waals surface area contributed by atoms with Crippen molar-refractivity contribution in [1.29, 1.82) is 0 Å². The van der Waals surface area contributed by atoms with Gasteiger partial charge in [0.25, 0.3) is 5.91 Å². The first-order valence-electron chi connectivity index (χ1n) is 7.98. The third kappa shape index (κ3) is 2.82. The van der Waals surface area contributed by atoms with E-state index in [4.69, 9.17) is 0 Å². The second kappa shape index (κ2) is 6.14. The standard InChI is InChI=1S/C20H12FNO4S/c21-13-6-8-14(9-7-13)22-20(24)12-5-10-16-18(11-12)27(25,26)17-4-2-1-3-15(17)19(16)23/h1-11H,(H,22,24). The Morgan fingerprint density at radius 1 is 0.852 bits per heavy atom. The zero-order chi connectivity index (χ0) is 19.2. The Balaban J connectivity index is 1.75. The molecule has 0 saturated carbocycles. The van der Waals surface area contributed by atoms with Crippen LogP contribution in [0.2, 0.25) is 0 Å². The number of hydrogen-bond acceptors (Lipinski definition) is 4. The summed E-state index contributed by atoms with van der Waals surface area (Å²) in [5.74, 6) is -1.41. The van der Waals surface area contributed by atoms with Gasteiger partial charge in [0.2, 0.25) is 9.84 Å². The molecule has 0 aromatic heterocycles. The fourth-order valence-electron chi connectivity index (χ4n) is 2.96. The van der Waals surface area contributed by atoms with Crippen molar-refractivity contribution in [3.05, 3.63) is 89.2 Å². The molecule has 1 aliphatic rings. The van der Waals surface area contributed by atoms with Gasteiger partial charge >= 0.3 is 0 Å². The lowest BCUT2D eigenvalue weighted by molar-refractivity contribution is 0.101. The smallest absolute Gasteiger partial charge is 0.255 e. The van der Waals surface area contributed by atoms with Gasteiger partial charge in [0.15, 0.2) is 5.78 Å². The average molecular weight is 381 g/mol. The van der Waals surface area contributed by atoms with Crippen LogP contribution < -0.4 is 5.32 Å². The van der Waals surface area contributed by atoms with Crippen molar-refractivity contribution in [3.8, 4) is 0 Å². The van der Waals surface area contributed by atoms with Crippen LogP contribution in [0.4, 0.5) is 10.1 Å². The molecule has 0 bridgehead atoms. The maximum atomic E-state index is 13.0. The number of anilines is 1. The van der Waals surface area contributed by atoms with Gasteiger partial charge in [0.05, 0.1) is 9.79 Å². The number of hydrogen-bond donors (Lipinski definition) is 1. The summed E-state index contributed by atoms with van der Waals surface area (Å²) in [6.07, 6.45) is 0. The minimum Gasteiger partial charge on any atom is -0.322 e. The largest absolute Gasteiger partial charge is 0.322 e. The van der Waals surface area contributed by atoms with E-state index in [1.807, 2.05) is 0 Å². The summed E-state index contributed by atoms with van der Waals surface area (Å²) in [6.45, 7) is 0. The van der Waals surface area contributed by atoms with E-state index >= 15 is 0 Å². The first-order valence-corrected chi connectivity index (χ1v) is 9.46. The van der Waals surface area contributed by atoms with Gasteiger partial charge in [-0.25, -0.2) is 12.8 Å². The Morgan fingerprint density at radius 3 is 2.26 bits per heavy atom. The Bertz CT molecular complexity index is 1200. The molecule has 3 aromatic rings. The number of carbonyl (C=O) groups is 2. The number of carbonyl (C=O) groups excluding carboxylic acids is 2. The van der Waals surface area contributed by atoms with E-state index in [0.29, 0.717) is 5.69 Å². The van der Waals surface area contributed by atoms with Crippen molar-refractivity contribution in [1.82, 2.24) is 0 Å². The molecule has 3 aromatic carbocycles. The van der Waals surface area contributed by atoms with Crippen LogP contribution in [-0.2, 0) is 9.84 Å². The number of benzene rings is 3. The molecule has 0 atom stereocenters. The topological polar surface area (TPSA) is 80.3 Å². The summed E-state index contributed by atoms with van der Waals surface area (Å²) in [7, 11) is -3.92. The summed E-state index contributed by atoms with van der Waals surface area (Å²) in [5.41, 5.74) is 0.595. The SMILES string of the molecule is O=C(Nc1ccc(F)cc1)c1ccc2c(c1)S(=O)(=O)c1ccccc1C2=O. The highest BCUT2D eigenvalue weighted by Gasteiger charge is 2.34. The molecule has 0 unspecified atom stereocenters. The van der Waals surface area contributed by atoms with Crippen molar-refractivity contribution in [2.75, 3.05) is 5.32 Å². The van der Waals surface area contributed by atoms with Crippen LogP contribution in [0.1, 0.15) is 26.3 Å². The van der Waals surface area contributed by atoms with Crippen LogP contribution in [0.15, 0.2) is 76.5 Å². The number of ketones is 1. The highest BCUT2D eigenvalue weighted by molar-refractivity contribution is 7.91. The maximum absolute atomic E-state index is 13.0. The third-order valence-electron chi connectivity index (χ3n) is 4.30. The molecule has 1 N–H and O–H groups in total. The predicted octanol–water partition coefficient (Wildman–Crippen LogP) is 3.46. The molecule has 0 radical (unpaired) electrons. The maximum Gasteiger partial charge on any atom is 0.255 e. The van der Waals surface area contributed by atoms with Gasteiger partial charge in [-0.05, 0) is 54.6 Å². The van der Waals surface area contributed by atoms with E-state index in [-0.39, 0.29) is 26.5 Å². The fourth-order valence-corrected chi connectivity index (χ4v) is 4.64. The highest BCUT2D eigenvalue weighted by Crippen LogP contribution is 2.34. The molecule has 1 aliphatic heterocycles. The van der Waals surface area contributed by atoms with Gasteiger partial charge in [0.1, 0.15) is 5.82 Å². The zero-order valence-electron chi connectivity index (χ0n) is 13.8. The van der Waals surface area contributed by atoms with Gasteiger partial charge in [-0.3, -0.25) is 9.59 Å². The minimum atomic E-state index is -3.92. The molecule has 7 heteroatoms. The average Bonchev–Trinajstić information content (AvgIpc) is 2.68. The molecule has 0 saturated heterocycles. The molecule has 0 fully saturated rings. The van der Waals surface area contributed by atoms with Gasteiger partial charge in [-0.1, -0.05) is 12.1 Å². The van der Waals surface area contributed by atoms with Crippen molar-refractivity contribution in [3.63, 3.8) is 0 Å². The number of halogens is 1. The van der Waals surface area contributed by atoms with Crippen LogP contribution in [-0.4, -0.2) is 20.1 Å². The number of rotatable bonds is 2. The van der Waals surface area contributed by atoms with Crippen LogP contribution in [0.3, 0.4) is 0 Å². The predicted molar refractivity (Wildman–Crippen MR) is 96.1 cm³/mol. The monoisotopic (exact) mass is 381 g/mol. The summed E-state index contributed by atoms with van der Waals surface area (Å²) in [5, 5.41) is 2.56. The van der Waals surface area contributed by atoms with Gasteiger partial charge in [0, 0.05) is 22.4 Å². The highest BCUT2D eigenvalue weighted by atomic mass is 32.2. The van der Waals surface area contributed by atoms with Crippen LogP contribution >= 0.6 is 0 Å². The minimum absolute atomic E-state index is 0.0343. The summed E-state index contributed by atoms with van der Waals surface area (Å²) in [6, 6.07) is 15.1. The normalized spacial score (nSPS) is 14.2. The van der Waals surface area contributed by atoms with Crippen molar-refractivity contribution in [2.45, 2.75) is 9.79 Å². The molecular weight excluding hydrogens is 369 g/mol. The molecule has 0 aliphatic carbocycles. The van der Waals surface area contributed by atoms with E-state index in [9.17, 15) is 22.4 Å². The van der Waals surface area contributed by atoms with E-state index < -0.39 is 27.3 Å². The van der Waals surface area contributed by atoms with Crippen LogP contribution in [0.5, 0.6) is 0 Å². The van der Waals surface area contributed by atoms with Crippen LogP contribution in [0, 0.1) is 5.82 Å². The molecule has 134 valence electrons. The lowest BCUT2D eigenvalue weighted by atomic mass is 10.0. The quantitative estimate of drug-likeness (QED) is 0.577. The van der Waals surface area contributed by atoms with E-state index in [1.54, 1.807) is 12.1 Å². The second-order valence-electron chi connectivity index (χ2n) is 6.00. The summed E-state index contributed by atoms with van der Waals surface area (Å²) >= 11 is 0. The van der Waals surface area contributed by atoms with Crippen molar-refractivity contribution < 1.29 is 22.4 Å². The van der Waals surface area contributed by atoms with E-state index in [2.05, 4.69) is 5.32 Å². The second-order valence-corrected chi connectivity index (χ2v) is 7.89. The number of fused-ring (bicyclic) bond motifs is 2. The first kappa shape index (κ1) is 17.1. The van der Waals surface area contributed by atoms with Gasteiger partial charge < -0.3 is 5.32 Å². The van der Waals surface area contributed by atoms with Gasteiger partial charge in [-0.15, -0.1) is 0 Å². The summed E-state index contributed by atoms with van der Waals surface area (Å²) < 4.78 is 38.7. The lowest BCUT2D eigenvalue weighted by Crippen LogP contribution is -2.21. The number of nitrogens with one attached hydrogen (secondary N) is 1. The Morgan fingerprint density at radius 2 is 1.52 bits per heavy atom. The molecular formula is C20H12FNO4S. The molecule has 5 nitrogen and oxygen atoms in total. The molecule has 1 amide bonds. The van der Waals surface area contributed by atoms with E-state index in [0.717, 1.165) is 0 Å². The first-order chi connectivity index (χ1) is 12.9. The lowest BCUT2D eigenvalue weighted by Gasteiger charge is -2.19. The number of sulfone groups is 1. The van der Waals surface area contributed by atoms with Crippen molar-refractivity contribution in [2.24, 2.45) is 0 Å².